The van der Waals surface area contributed by atoms with Gasteiger partial charge in [-0.1, -0.05) is 0 Å². The second-order valence-corrected chi connectivity index (χ2v) is 4.66. The number of rotatable bonds is 5. The SMILES string of the molecule is COc1cc2[nH]c(=O)n(CCCS)c(=O)c2cc1OC. The molecule has 0 bridgehead atoms. The van der Waals surface area contributed by atoms with E-state index in [1.807, 2.05) is 0 Å². The van der Waals surface area contributed by atoms with Gasteiger partial charge in [-0.25, -0.2) is 4.79 Å². The number of H-pyrrole nitrogens is 1. The number of hydrogen-bond acceptors (Lipinski definition) is 5. The Bertz CT molecular complexity index is 735. The Kier molecular flexibility index (Phi) is 4.39. The van der Waals surface area contributed by atoms with Crippen LogP contribution in [0.2, 0.25) is 0 Å². The van der Waals surface area contributed by atoms with Crippen molar-refractivity contribution in [3.05, 3.63) is 33.0 Å². The summed E-state index contributed by atoms with van der Waals surface area (Å²) in [6.45, 7) is 0.335. The molecule has 1 aromatic carbocycles. The molecule has 0 atom stereocenters. The smallest absolute Gasteiger partial charge is 0.328 e. The van der Waals surface area contributed by atoms with Crippen molar-refractivity contribution in [1.82, 2.24) is 9.55 Å². The number of fused-ring (bicyclic) bond motifs is 1. The van der Waals surface area contributed by atoms with E-state index in [0.717, 1.165) is 0 Å². The standard InChI is InChI=1S/C13H16N2O4S/c1-18-10-6-8-9(7-11(10)19-2)14-13(17)15(12(8)16)4-3-5-20/h6-7,20H,3-5H2,1-2H3,(H,14,17). The van der Waals surface area contributed by atoms with Gasteiger partial charge in [-0.2, -0.15) is 12.6 Å². The molecular weight excluding hydrogens is 280 g/mol. The van der Waals surface area contributed by atoms with Crippen LogP contribution < -0.4 is 20.7 Å². The fraction of sp³-hybridized carbons (Fsp3) is 0.385. The number of thiol groups is 1. The van der Waals surface area contributed by atoms with Gasteiger partial charge in [-0.05, 0) is 18.2 Å². The number of methoxy groups -OCH3 is 2. The van der Waals surface area contributed by atoms with Crippen molar-refractivity contribution in [2.45, 2.75) is 13.0 Å². The van der Waals surface area contributed by atoms with E-state index in [1.54, 1.807) is 12.1 Å². The van der Waals surface area contributed by atoms with Gasteiger partial charge in [-0.3, -0.25) is 9.36 Å². The van der Waals surface area contributed by atoms with E-state index >= 15 is 0 Å². The summed E-state index contributed by atoms with van der Waals surface area (Å²) in [5.41, 5.74) is -0.345. The highest BCUT2D eigenvalue weighted by Crippen LogP contribution is 2.29. The molecule has 0 aliphatic carbocycles. The first-order valence-electron chi connectivity index (χ1n) is 6.12. The van der Waals surface area contributed by atoms with Gasteiger partial charge in [0, 0.05) is 12.6 Å². The fourth-order valence-corrected chi connectivity index (χ4v) is 2.15. The summed E-state index contributed by atoms with van der Waals surface area (Å²) in [6.07, 6.45) is 0.644. The lowest BCUT2D eigenvalue weighted by molar-refractivity contribution is 0.355. The van der Waals surface area contributed by atoms with Crippen LogP contribution in [-0.4, -0.2) is 29.5 Å². The van der Waals surface area contributed by atoms with Gasteiger partial charge in [0.25, 0.3) is 5.56 Å². The van der Waals surface area contributed by atoms with E-state index in [0.29, 0.717) is 41.1 Å². The first kappa shape index (κ1) is 14.5. The fourth-order valence-electron chi connectivity index (χ4n) is 2.01. The lowest BCUT2D eigenvalue weighted by Gasteiger charge is -2.10. The molecule has 0 saturated heterocycles. The highest BCUT2D eigenvalue weighted by Gasteiger charge is 2.12. The third-order valence-corrected chi connectivity index (χ3v) is 3.34. The highest BCUT2D eigenvalue weighted by atomic mass is 32.1. The molecule has 0 fully saturated rings. The minimum absolute atomic E-state index is 0.335. The normalized spacial score (nSPS) is 10.8. The number of nitrogens with one attached hydrogen (secondary N) is 1. The van der Waals surface area contributed by atoms with Gasteiger partial charge < -0.3 is 14.5 Å². The van der Waals surface area contributed by atoms with E-state index in [9.17, 15) is 9.59 Å². The second-order valence-electron chi connectivity index (χ2n) is 4.22. The minimum Gasteiger partial charge on any atom is -0.493 e. The van der Waals surface area contributed by atoms with Gasteiger partial charge in [0.2, 0.25) is 0 Å². The molecule has 0 unspecified atom stereocenters. The molecule has 0 saturated carbocycles. The van der Waals surface area contributed by atoms with E-state index in [2.05, 4.69) is 17.6 Å². The molecular formula is C13H16N2O4S. The zero-order valence-corrected chi connectivity index (χ0v) is 12.2. The summed E-state index contributed by atoms with van der Waals surface area (Å²) < 4.78 is 11.5. The Morgan fingerprint density at radius 2 is 1.85 bits per heavy atom. The Hall–Kier alpha value is -1.89. The first-order chi connectivity index (χ1) is 9.62. The molecule has 2 rings (SSSR count). The number of aromatic nitrogens is 2. The number of nitrogens with zero attached hydrogens (tertiary/aromatic N) is 1. The predicted molar refractivity (Wildman–Crippen MR) is 80.4 cm³/mol. The van der Waals surface area contributed by atoms with Crippen molar-refractivity contribution in [2.75, 3.05) is 20.0 Å². The van der Waals surface area contributed by atoms with Gasteiger partial charge >= 0.3 is 5.69 Å². The Morgan fingerprint density at radius 1 is 1.20 bits per heavy atom. The second kappa shape index (κ2) is 6.04. The van der Waals surface area contributed by atoms with Crippen molar-refractivity contribution in [3.63, 3.8) is 0 Å². The third kappa shape index (κ3) is 2.53. The molecule has 1 heterocycles. The van der Waals surface area contributed by atoms with Crippen LogP contribution in [0.15, 0.2) is 21.7 Å². The zero-order chi connectivity index (χ0) is 14.7. The topological polar surface area (TPSA) is 73.3 Å². The zero-order valence-electron chi connectivity index (χ0n) is 11.3. The van der Waals surface area contributed by atoms with Crippen molar-refractivity contribution in [3.8, 4) is 11.5 Å². The van der Waals surface area contributed by atoms with E-state index in [4.69, 9.17) is 9.47 Å². The summed E-state index contributed by atoms with van der Waals surface area (Å²) in [5, 5.41) is 0.390. The Balaban J connectivity index is 2.71. The van der Waals surface area contributed by atoms with Crippen molar-refractivity contribution < 1.29 is 9.47 Å². The van der Waals surface area contributed by atoms with Crippen LogP contribution in [0.1, 0.15) is 6.42 Å². The van der Waals surface area contributed by atoms with Gasteiger partial charge in [0.05, 0.1) is 25.1 Å². The summed E-state index contributed by atoms with van der Waals surface area (Å²) in [5.74, 6) is 1.52. The molecule has 6 nitrogen and oxygen atoms in total. The third-order valence-electron chi connectivity index (χ3n) is 3.03. The van der Waals surface area contributed by atoms with Crippen LogP contribution in [0, 0.1) is 0 Å². The molecule has 0 spiro atoms. The minimum atomic E-state index is -0.434. The summed E-state index contributed by atoms with van der Waals surface area (Å²) >= 11 is 4.09. The Morgan fingerprint density at radius 3 is 2.45 bits per heavy atom. The van der Waals surface area contributed by atoms with Crippen molar-refractivity contribution in [2.24, 2.45) is 0 Å². The monoisotopic (exact) mass is 296 g/mol. The highest BCUT2D eigenvalue weighted by molar-refractivity contribution is 7.80. The molecule has 0 aliphatic rings. The first-order valence-corrected chi connectivity index (χ1v) is 6.75. The quantitative estimate of drug-likeness (QED) is 0.808. The molecule has 20 heavy (non-hydrogen) atoms. The Labute approximate surface area is 120 Å². The number of hydrogen-bond donors (Lipinski definition) is 2. The molecule has 0 aliphatic heterocycles. The van der Waals surface area contributed by atoms with Gasteiger partial charge in [0.15, 0.2) is 11.5 Å². The molecule has 108 valence electrons. The molecule has 0 radical (unpaired) electrons. The summed E-state index contributed by atoms with van der Waals surface area (Å²) in [7, 11) is 2.99. The maximum absolute atomic E-state index is 12.3. The van der Waals surface area contributed by atoms with Crippen molar-refractivity contribution in [1.29, 1.82) is 0 Å². The molecule has 1 N–H and O–H groups in total. The number of benzene rings is 1. The van der Waals surface area contributed by atoms with E-state index in [1.165, 1.54) is 18.8 Å². The summed E-state index contributed by atoms with van der Waals surface area (Å²) in [6, 6.07) is 3.16. The van der Waals surface area contributed by atoms with Crippen LogP contribution in [0.3, 0.4) is 0 Å². The van der Waals surface area contributed by atoms with Crippen LogP contribution >= 0.6 is 12.6 Å². The molecule has 7 heteroatoms. The van der Waals surface area contributed by atoms with Crippen LogP contribution in [0.25, 0.3) is 10.9 Å². The summed E-state index contributed by atoms with van der Waals surface area (Å²) in [4.78, 5) is 26.9. The molecule has 1 aromatic heterocycles. The van der Waals surface area contributed by atoms with Crippen molar-refractivity contribution >= 4 is 23.5 Å². The lowest BCUT2D eigenvalue weighted by atomic mass is 10.2. The average molecular weight is 296 g/mol. The van der Waals surface area contributed by atoms with E-state index < -0.39 is 5.69 Å². The predicted octanol–water partition coefficient (Wildman–Crippen LogP) is 1.03. The van der Waals surface area contributed by atoms with Crippen LogP contribution in [0.4, 0.5) is 0 Å². The molecule has 2 aromatic rings. The van der Waals surface area contributed by atoms with Crippen LogP contribution in [-0.2, 0) is 6.54 Å². The van der Waals surface area contributed by atoms with Crippen LogP contribution in [0.5, 0.6) is 11.5 Å². The number of aromatic amines is 1. The van der Waals surface area contributed by atoms with E-state index in [-0.39, 0.29) is 5.56 Å². The average Bonchev–Trinajstić information content (AvgIpc) is 2.46. The lowest BCUT2D eigenvalue weighted by Crippen LogP contribution is -2.35. The molecule has 0 amide bonds. The van der Waals surface area contributed by atoms with Gasteiger partial charge in [0.1, 0.15) is 0 Å². The maximum Gasteiger partial charge on any atom is 0.328 e. The number of ether oxygens (including phenoxy) is 2. The maximum atomic E-state index is 12.3. The largest absolute Gasteiger partial charge is 0.493 e. The van der Waals surface area contributed by atoms with Gasteiger partial charge in [-0.15, -0.1) is 0 Å².